The molecule has 0 radical (unpaired) electrons. The Kier molecular flexibility index (Phi) is 17.3. The maximum atomic E-state index is 12.0. The molecule has 0 bridgehead atoms. The van der Waals surface area contributed by atoms with Crippen LogP contribution < -0.4 is 0 Å². The summed E-state index contributed by atoms with van der Waals surface area (Å²) >= 11 is 4.19. The average molecular weight is 509 g/mol. The van der Waals surface area contributed by atoms with Gasteiger partial charge in [-0.1, -0.05) is 25.1 Å². The van der Waals surface area contributed by atoms with Crippen molar-refractivity contribution in [2.24, 2.45) is 0 Å². The minimum absolute atomic E-state index is 0.407. The van der Waals surface area contributed by atoms with Gasteiger partial charge in [0.05, 0.1) is 5.56 Å². The van der Waals surface area contributed by atoms with Gasteiger partial charge in [0.1, 0.15) is 0 Å². The molecule has 186 valence electrons. The topological polar surface area (TPSA) is 81.7 Å². The molecule has 1 rings (SSSR count). The van der Waals surface area contributed by atoms with Crippen LogP contribution >= 0.6 is 12.6 Å². The lowest BCUT2D eigenvalue weighted by molar-refractivity contribution is 0.0126. The first kappa shape index (κ1) is 31.2. The van der Waals surface area contributed by atoms with E-state index in [1.54, 1.807) is 24.3 Å². The van der Waals surface area contributed by atoms with Gasteiger partial charge in [-0.3, -0.25) is 0 Å². The number of thiol groups is 1. The van der Waals surface area contributed by atoms with E-state index < -0.39 is 29.3 Å². The van der Waals surface area contributed by atoms with Crippen molar-refractivity contribution < 1.29 is 36.1 Å². The lowest BCUT2D eigenvalue weighted by atomic mass is 10.2. The standard InChI is InChI=1S/C13H20O5Si.C8H20O3SSi/c1-5-12(19(15-2,16-3)17-4)18-13(14)11-9-7-6-8-10-11;1-4-9-13(8-7-12,10-5-2)11-6-3/h6-10,12H,5H2,1-4H3;12H,4-8H2,1-3H3. The number of benzene rings is 1. The van der Waals surface area contributed by atoms with Crippen molar-refractivity contribution in [1.29, 1.82) is 0 Å². The summed E-state index contributed by atoms with van der Waals surface area (Å²) in [6, 6.07) is 9.59. The van der Waals surface area contributed by atoms with E-state index in [-0.39, 0.29) is 0 Å². The predicted molar refractivity (Wildman–Crippen MR) is 132 cm³/mol. The van der Waals surface area contributed by atoms with Gasteiger partial charge in [-0.2, -0.15) is 12.6 Å². The van der Waals surface area contributed by atoms with E-state index in [2.05, 4.69) is 12.6 Å². The van der Waals surface area contributed by atoms with E-state index in [1.165, 1.54) is 21.3 Å². The highest BCUT2D eigenvalue weighted by Gasteiger charge is 2.49. The summed E-state index contributed by atoms with van der Waals surface area (Å²) in [5, 5.41) is 0. The molecule has 0 fully saturated rings. The summed E-state index contributed by atoms with van der Waals surface area (Å²) in [6.07, 6.45) is 0.556. The van der Waals surface area contributed by atoms with Crippen LogP contribution in [-0.4, -0.2) is 76.2 Å². The minimum Gasteiger partial charge on any atom is -0.454 e. The van der Waals surface area contributed by atoms with Crippen LogP contribution in [0.25, 0.3) is 0 Å². The SMILES string of the molecule is CCC(OC(=O)c1ccccc1)[Si](OC)(OC)OC.CCO[Si](CCS)(OCC)OCC. The van der Waals surface area contributed by atoms with Crippen LogP contribution in [0.15, 0.2) is 30.3 Å². The van der Waals surface area contributed by atoms with E-state index in [0.29, 0.717) is 31.8 Å². The van der Waals surface area contributed by atoms with Gasteiger partial charge in [-0.15, -0.1) is 0 Å². The number of ether oxygens (including phenoxy) is 1. The molecule has 32 heavy (non-hydrogen) atoms. The average Bonchev–Trinajstić information content (AvgIpc) is 2.81. The molecule has 11 heteroatoms. The van der Waals surface area contributed by atoms with Gasteiger partial charge < -0.3 is 31.3 Å². The van der Waals surface area contributed by atoms with Gasteiger partial charge in [0, 0.05) is 47.2 Å². The third kappa shape index (κ3) is 10.0. The van der Waals surface area contributed by atoms with Gasteiger partial charge in [0.15, 0.2) is 5.73 Å². The molecule has 0 aliphatic heterocycles. The third-order valence-corrected chi connectivity index (χ3v) is 11.1. The third-order valence-electron chi connectivity index (χ3n) is 4.39. The summed E-state index contributed by atoms with van der Waals surface area (Å²) < 4.78 is 38.3. The molecule has 1 atom stereocenters. The summed E-state index contributed by atoms with van der Waals surface area (Å²) in [7, 11) is -0.863. The fourth-order valence-electron chi connectivity index (χ4n) is 2.96. The van der Waals surface area contributed by atoms with Crippen molar-refractivity contribution in [3.63, 3.8) is 0 Å². The van der Waals surface area contributed by atoms with Gasteiger partial charge >= 0.3 is 23.6 Å². The predicted octanol–water partition coefficient (Wildman–Crippen LogP) is 4.00. The first-order valence-electron chi connectivity index (χ1n) is 10.8. The Bertz CT molecular complexity index is 567. The van der Waals surface area contributed by atoms with Crippen molar-refractivity contribution in [2.45, 2.75) is 45.9 Å². The maximum Gasteiger partial charge on any atom is 0.543 e. The van der Waals surface area contributed by atoms with Crippen LogP contribution in [0.2, 0.25) is 6.04 Å². The Balaban J connectivity index is 0.000000649. The van der Waals surface area contributed by atoms with Crippen molar-refractivity contribution in [2.75, 3.05) is 46.9 Å². The van der Waals surface area contributed by atoms with Gasteiger partial charge in [-0.25, -0.2) is 4.79 Å². The van der Waals surface area contributed by atoms with Crippen molar-refractivity contribution in [3.05, 3.63) is 35.9 Å². The highest BCUT2D eigenvalue weighted by atomic mass is 32.1. The van der Waals surface area contributed by atoms with Gasteiger partial charge in [0.2, 0.25) is 0 Å². The smallest absolute Gasteiger partial charge is 0.454 e. The highest BCUT2D eigenvalue weighted by molar-refractivity contribution is 7.80. The van der Waals surface area contributed by atoms with Crippen molar-refractivity contribution in [1.82, 2.24) is 0 Å². The molecule has 1 aromatic rings. The van der Waals surface area contributed by atoms with E-state index in [1.807, 2.05) is 33.8 Å². The van der Waals surface area contributed by atoms with Gasteiger partial charge in [-0.05, 0) is 45.1 Å². The zero-order valence-electron chi connectivity index (χ0n) is 20.4. The number of hydrogen-bond acceptors (Lipinski definition) is 9. The molecule has 0 aliphatic carbocycles. The molecule has 0 spiro atoms. The largest absolute Gasteiger partial charge is 0.543 e. The lowest BCUT2D eigenvalue weighted by Gasteiger charge is -2.31. The number of carbonyl (C=O) groups excluding carboxylic acids is 1. The molecule has 0 N–H and O–H groups in total. The molecule has 1 unspecified atom stereocenters. The van der Waals surface area contributed by atoms with E-state index in [0.717, 1.165) is 11.8 Å². The van der Waals surface area contributed by atoms with Crippen LogP contribution in [0, 0.1) is 0 Å². The summed E-state index contributed by atoms with van der Waals surface area (Å²) in [5.41, 5.74) is -0.0348. The lowest BCUT2D eigenvalue weighted by Crippen LogP contribution is -2.55. The normalized spacial score (nSPS) is 12.6. The Morgan fingerprint density at radius 2 is 1.34 bits per heavy atom. The molecule has 0 saturated heterocycles. The second-order valence-electron chi connectivity index (χ2n) is 6.34. The Hall–Kier alpha value is -0.766. The summed E-state index contributed by atoms with van der Waals surface area (Å²) in [4.78, 5) is 12.0. The van der Waals surface area contributed by atoms with E-state index >= 15 is 0 Å². The zero-order chi connectivity index (χ0) is 24.5. The van der Waals surface area contributed by atoms with Crippen molar-refractivity contribution >= 4 is 36.2 Å². The second kappa shape index (κ2) is 17.7. The molecule has 0 heterocycles. The highest BCUT2D eigenvalue weighted by Crippen LogP contribution is 2.20. The van der Waals surface area contributed by atoms with Crippen molar-refractivity contribution in [3.8, 4) is 0 Å². The molecular formula is C21H40O8SSi2. The minimum atomic E-state index is -2.99. The number of carbonyl (C=O) groups is 1. The summed E-state index contributed by atoms with van der Waals surface area (Å²) in [5.74, 6) is 0.335. The molecule has 0 amide bonds. The number of esters is 1. The maximum absolute atomic E-state index is 12.0. The molecule has 0 saturated carbocycles. The zero-order valence-corrected chi connectivity index (χ0v) is 23.3. The Morgan fingerprint density at radius 3 is 1.69 bits per heavy atom. The van der Waals surface area contributed by atoms with E-state index in [9.17, 15) is 4.79 Å². The Morgan fingerprint density at radius 1 is 0.875 bits per heavy atom. The monoisotopic (exact) mass is 508 g/mol. The second-order valence-corrected chi connectivity index (χ2v) is 12.6. The molecule has 0 aliphatic rings. The first-order valence-corrected chi connectivity index (χ1v) is 15.2. The van der Waals surface area contributed by atoms with Crippen LogP contribution in [0.3, 0.4) is 0 Å². The van der Waals surface area contributed by atoms with Gasteiger partial charge in [0.25, 0.3) is 0 Å². The van der Waals surface area contributed by atoms with E-state index in [4.69, 9.17) is 31.3 Å². The quantitative estimate of drug-likeness (QED) is 0.216. The fourth-order valence-corrected chi connectivity index (χ4v) is 8.10. The number of hydrogen-bond donors (Lipinski definition) is 1. The van der Waals surface area contributed by atoms with Crippen LogP contribution in [0.1, 0.15) is 44.5 Å². The molecule has 8 nitrogen and oxygen atoms in total. The number of rotatable bonds is 15. The molecule has 0 aromatic heterocycles. The van der Waals surface area contributed by atoms with Crippen LogP contribution in [0.5, 0.6) is 0 Å². The fraction of sp³-hybridized carbons (Fsp3) is 0.667. The van der Waals surface area contributed by atoms with Crippen LogP contribution in [-0.2, 0) is 31.3 Å². The summed E-state index contributed by atoms with van der Waals surface area (Å²) in [6.45, 7) is 9.68. The molecule has 1 aromatic carbocycles. The van der Waals surface area contributed by atoms with Crippen LogP contribution in [0.4, 0.5) is 0 Å². The molecular weight excluding hydrogens is 468 g/mol. The first-order chi connectivity index (χ1) is 15.4. The Labute approximate surface area is 201 Å².